The van der Waals surface area contributed by atoms with Crippen LogP contribution in [0.3, 0.4) is 0 Å². The van der Waals surface area contributed by atoms with E-state index in [2.05, 4.69) is 64.6 Å². The van der Waals surface area contributed by atoms with E-state index in [1.54, 1.807) is 0 Å². The van der Waals surface area contributed by atoms with Gasteiger partial charge in [0, 0.05) is 40.3 Å². The second-order valence-corrected chi connectivity index (χ2v) is 7.48. The molecule has 0 aromatic heterocycles. The predicted molar refractivity (Wildman–Crippen MR) is 80.8 cm³/mol. The van der Waals surface area contributed by atoms with Crippen LogP contribution in [0.25, 0.3) is 0 Å². The molecule has 0 spiro atoms. The van der Waals surface area contributed by atoms with E-state index in [1.807, 2.05) is 0 Å². The molecule has 2 atom stereocenters. The van der Waals surface area contributed by atoms with E-state index < -0.39 is 0 Å². The van der Waals surface area contributed by atoms with Crippen molar-refractivity contribution in [3.63, 3.8) is 0 Å². The first kappa shape index (κ1) is 13.2. The molecule has 2 rings (SSSR count). The highest BCUT2D eigenvalue weighted by atomic mass is 79.9. The second kappa shape index (κ2) is 5.63. The highest BCUT2D eigenvalue weighted by Gasteiger charge is 2.22. The maximum absolute atomic E-state index is 5.73. The van der Waals surface area contributed by atoms with Crippen LogP contribution in [0.5, 0.6) is 0 Å². The molecular formula is C13H19BrN2S. The second-order valence-electron chi connectivity index (χ2n) is 4.68. The zero-order valence-electron chi connectivity index (χ0n) is 10.3. The molecular weight excluding hydrogens is 296 g/mol. The van der Waals surface area contributed by atoms with Crippen LogP contribution in [0.2, 0.25) is 0 Å². The molecule has 1 aliphatic heterocycles. The minimum atomic E-state index is 0.597. The third-order valence-electron chi connectivity index (χ3n) is 2.96. The van der Waals surface area contributed by atoms with Gasteiger partial charge in [0.25, 0.3) is 0 Å². The first-order valence-electron chi connectivity index (χ1n) is 5.98. The number of hydrogen-bond donors (Lipinski definition) is 1. The number of benzene rings is 1. The molecule has 0 bridgehead atoms. The lowest BCUT2D eigenvalue weighted by atomic mass is 10.1. The van der Waals surface area contributed by atoms with E-state index in [1.165, 1.54) is 11.3 Å². The summed E-state index contributed by atoms with van der Waals surface area (Å²) in [6.07, 6.45) is 0. The topological polar surface area (TPSA) is 29.3 Å². The van der Waals surface area contributed by atoms with Crippen molar-refractivity contribution in [2.45, 2.75) is 30.9 Å². The van der Waals surface area contributed by atoms with Gasteiger partial charge in [-0.15, -0.1) is 0 Å². The number of hydrogen-bond acceptors (Lipinski definition) is 3. The summed E-state index contributed by atoms with van der Waals surface area (Å²) >= 11 is 5.64. The molecule has 2 unspecified atom stereocenters. The van der Waals surface area contributed by atoms with E-state index in [9.17, 15) is 0 Å². The van der Waals surface area contributed by atoms with Gasteiger partial charge in [-0.2, -0.15) is 11.8 Å². The molecule has 1 heterocycles. The van der Waals surface area contributed by atoms with Crippen LogP contribution in [-0.4, -0.2) is 23.6 Å². The van der Waals surface area contributed by atoms with Gasteiger partial charge >= 0.3 is 0 Å². The molecule has 0 saturated carbocycles. The Bertz CT molecular complexity index is 387. The summed E-state index contributed by atoms with van der Waals surface area (Å²) in [4.78, 5) is 2.47. The molecule has 1 saturated heterocycles. The Morgan fingerprint density at radius 2 is 1.94 bits per heavy atom. The van der Waals surface area contributed by atoms with Gasteiger partial charge in [0.1, 0.15) is 0 Å². The van der Waals surface area contributed by atoms with Crippen LogP contribution >= 0.6 is 27.7 Å². The quantitative estimate of drug-likeness (QED) is 0.908. The molecule has 2 nitrogen and oxygen atoms in total. The van der Waals surface area contributed by atoms with Gasteiger partial charge in [0.05, 0.1) is 0 Å². The minimum absolute atomic E-state index is 0.597. The Balaban J connectivity index is 2.23. The largest absolute Gasteiger partial charge is 0.369 e. The summed E-state index contributed by atoms with van der Waals surface area (Å²) in [5.41, 5.74) is 8.21. The number of rotatable bonds is 2. The van der Waals surface area contributed by atoms with Crippen molar-refractivity contribution >= 4 is 33.4 Å². The van der Waals surface area contributed by atoms with E-state index in [4.69, 9.17) is 5.73 Å². The van der Waals surface area contributed by atoms with Crippen molar-refractivity contribution in [2.75, 3.05) is 18.0 Å². The summed E-state index contributed by atoms with van der Waals surface area (Å²) < 4.78 is 1.12. The van der Waals surface area contributed by atoms with Crippen LogP contribution in [0.1, 0.15) is 19.4 Å². The Morgan fingerprint density at radius 3 is 2.53 bits per heavy atom. The summed E-state index contributed by atoms with van der Waals surface area (Å²) in [6, 6.07) is 6.49. The van der Waals surface area contributed by atoms with Gasteiger partial charge in [-0.25, -0.2) is 0 Å². The minimum Gasteiger partial charge on any atom is -0.369 e. The van der Waals surface area contributed by atoms with Crippen molar-refractivity contribution in [1.82, 2.24) is 0 Å². The number of halogens is 1. The number of thioether (sulfide) groups is 1. The van der Waals surface area contributed by atoms with Gasteiger partial charge in [0.2, 0.25) is 0 Å². The van der Waals surface area contributed by atoms with Crippen LogP contribution in [0.4, 0.5) is 5.69 Å². The van der Waals surface area contributed by atoms with Crippen LogP contribution < -0.4 is 10.6 Å². The lowest BCUT2D eigenvalue weighted by Gasteiger charge is -2.36. The third kappa shape index (κ3) is 3.39. The van der Waals surface area contributed by atoms with Crippen molar-refractivity contribution < 1.29 is 0 Å². The summed E-state index contributed by atoms with van der Waals surface area (Å²) in [5, 5.41) is 1.39. The fraction of sp³-hybridized carbons (Fsp3) is 0.538. The zero-order valence-corrected chi connectivity index (χ0v) is 12.7. The van der Waals surface area contributed by atoms with Gasteiger partial charge in [-0.3, -0.25) is 0 Å². The molecule has 1 aromatic carbocycles. The lowest BCUT2D eigenvalue weighted by molar-refractivity contribution is 0.727. The van der Waals surface area contributed by atoms with Crippen molar-refractivity contribution in [2.24, 2.45) is 5.73 Å². The molecule has 0 aliphatic carbocycles. The fourth-order valence-corrected chi connectivity index (χ4v) is 4.18. The first-order chi connectivity index (χ1) is 8.08. The van der Waals surface area contributed by atoms with Crippen LogP contribution in [-0.2, 0) is 6.54 Å². The van der Waals surface area contributed by atoms with E-state index in [0.717, 1.165) is 17.6 Å². The molecule has 1 aromatic rings. The van der Waals surface area contributed by atoms with Crippen molar-refractivity contribution in [3.05, 3.63) is 28.2 Å². The standard InChI is InChI=1S/C13H19BrN2S/c1-9-7-16(8-10(2)17-9)13-4-11(6-15)3-12(14)5-13/h3-5,9-10H,6-8,15H2,1-2H3. The van der Waals surface area contributed by atoms with Gasteiger partial charge in [0.15, 0.2) is 0 Å². The molecule has 2 N–H and O–H groups in total. The first-order valence-corrected chi connectivity index (χ1v) is 7.72. The Kier molecular flexibility index (Phi) is 4.39. The third-order valence-corrected chi connectivity index (χ3v) is 4.65. The van der Waals surface area contributed by atoms with Gasteiger partial charge < -0.3 is 10.6 Å². The Labute approximate surface area is 116 Å². The number of anilines is 1. The van der Waals surface area contributed by atoms with E-state index in [-0.39, 0.29) is 0 Å². The maximum atomic E-state index is 5.73. The van der Waals surface area contributed by atoms with E-state index in [0.29, 0.717) is 17.0 Å². The van der Waals surface area contributed by atoms with Crippen molar-refractivity contribution in [1.29, 1.82) is 0 Å². The summed E-state index contributed by atoms with van der Waals surface area (Å²) in [6.45, 7) is 7.44. The molecule has 17 heavy (non-hydrogen) atoms. The maximum Gasteiger partial charge on any atom is 0.0381 e. The monoisotopic (exact) mass is 314 g/mol. The van der Waals surface area contributed by atoms with Crippen molar-refractivity contribution in [3.8, 4) is 0 Å². The van der Waals surface area contributed by atoms with Crippen LogP contribution in [0.15, 0.2) is 22.7 Å². The molecule has 1 fully saturated rings. The Hall–Kier alpha value is -0.190. The van der Waals surface area contributed by atoms with Crippen LogP contribution in [0, 0.1) is 0 Å². The number of nitrogens with two attached hydrogens (primary N) is 1. The SMILES string of the molecule is CC1CN(c2cc(Br)cc(CN)c2)CC(C)S1. The smallest absolute Gasteiger partial charge is 0.0381 e. The molecule has 4 heteroatoms. The average molecular weight is 315 g/mol. The average Bonchev–Trinajstić information content (AvgIpc) is 2.26. The zero-order chi connectivity index (χ0) is 12.4. The lowest BCUT2D eigenvalue weighted by Crippen LogP contribution is -2.40. The summed E-state index contributed by atoms with van der Waals surface area (Å²) in [5.74, 6) is 0. The molecule has 94 valence electrons. The van der Waals surface area contributed by atoms with Gasteiger partial charge in [-0.1, -0.05) is 29.8 Å². The molecule has 0 radical (unpaired) electrons. The highest BCUT2D eigenvalue weighted by Crippen LogP contribution is 2.30. The number of nitrogens with zero attached hydrogens (tertiary/aromatic N) is 1. The molecule has 0 amide bonds. The van der Waals surface area contributed by atoms with Gasteiger partial charge in [-0.05, 0) is 23.8 Å². The molecule has 1 aliphatic rings. The van der Waals surface area contributed by atoms with E-state index >= 15 is 0 Å². The summed E-state index contributed by atoms with van der Waals surface area (Å²) in [7, 11) is 0. The normalized spacial score (nSPS) is 25.1. The highest BCUT2D eigenvalue weighted by molar-refractivity contribution is 9.10. The Morgan fingerprint density at radius 1 is 1.29 bits per heavy atom. The fourth-order valence-electron chi connectivity index (χ4n) is 2.32. The predicted octanol–water partition coefficient (Wildman–Crippen LogP) is 3.24.